The molecule has 7 N–H and O–H groups in total. The molecule has 0 bridgehead atoms. The molecule has 18 nitrogen and oxygen atoms in total. The molecule has 0 aliphatic rings. The smallest absolute Gasteiger partial charge is 0.335 e. The van der Waals surface area contributed by atoms with E-state index in [2.05, 4.69) is 61.1 Å². The van der Waals surface area contributed by atoms with Crippen molar-refractivity contribution >= 4 is 63.9 Å². The van der Waals surface area contributed by atoms with Gasteiger partial charge in [0, 0.05) is 18.4 Å². The van der Waals surface area contributed by atoms with E-state index in [4.69, 9.17) is 10.5 Å². The zero-order chi connectivity index (χ0) is 35.5. The van der Waals surface area contributed by atoms with Crippen LogP contribution >= 0.6 is 0 Å². The Bertz CT molecular complexity index is 1980. The molecule has 0 spiro atoms. The summed E-state index contributed by atoms with van der Waals surface area (Å²) in [5.74, 6) is -1.78. The molecule has 0 fully saturated rings. The van der Waals surface area contributed by atoms with Crippen LogP contribution in [0.25, 0.3) is 0 Å². The topological polar surface area (TPSA) is 258 Å². The summed E-state index contributed by atoms with van der Waals surface area (Å²) in [7, 11) is 1.67. The van der Waals surface area contributed by atoms with Crippen LogP contribution in [0.5, 0.6) is 0 Å². The van der Waals surface area contributed by atoms with Crippen molar-refractivity contribution < 1.29 is 40.1 Å². The third kappa shape index (κ3) is 9.65. The standard InChI is InChI=1S/C32H28N10O8/c1-33-30-36-31(34-22-2-6-24(7-3-22)39-41-26-11-18(16-49-47)10-19(12-26)17-50-48)38-32(37-30)35-23-4-8-25(9-5-23)40-42-27-14-20(28(43)44)13-21(15-27)29(45)46/h2-15,47-48H,16-17H2,1H3,(H,43,44)(H,45,46)(H3,33,34,35,36,37,38). The number of nitrogens with zero attached hydrogens (tertiary/aromatic N) is 7. The Labute approximate surface area is 282 Å². The van der Waals surface area contributed by atoms with E-state index in [1.54, 1.807) is 73.8 Å². The van der Waals surface area contributed by atoms with Crippen LogP contribution in [0.2, 0.25) is 0 Å². The summed E-state index contributed by atoms with van der Waals surface area (Å²) in [6.45, 7) is -0.141. The Morgan fingerprint density at radius 2 is 0.980 bits per heavy atom. The van der Waals surface area contributed by atoms with E-state index in [0.717, 1.165) is 6.07 Å². The summed E-state index contributed by atoms with van der Waals surface area (Å²) in [5.41, 5.74) is 3.59. The third-order valence-corrected chi connectivity index (χ3v) is 6.58. The van der Waals surface area contributed by atoms with Crippen LogP contribution in [-0.2, 0) is 23.0 Å². The van der Waals surface area contributed by atoms with Crippen LogP contribution in [0.3, 0.4) is 0 Å². The molecule has 5 rings (SSSR count). The van der Waals surface area contributed by atoms with E-state index in [-0.39, 0.29) is 41.9 Å². The molecule has 1 aromatic heterocycles. The Morgan fingerprint density at radius 1 is 0.580 bits per heavy atom. The van der Waals surface area contributed by atoms with Gasteiger partial charge in [0.2, 0.25) is 17.8 Å². The van der Waals surface area contributed by atoms with E-state index < -0.39 is 11.9 Å². The fraction of sp³-hybridized carbons (Fsp3) is 0.0938. The summed E-state index contributed by atoms with van der Waals surface area (Å²) in [6, 6.07) is 22.2. The molecule has 0 saturated heterocycles. The zero-order valence-corrected chi connectivity index (χ0v) is 26.0. The molecular formula is C32H28N10O8. The fourth-order valence-corrected chi connectivity index (χ4v) is 4.34. The summed E-state index contributed by atoms with van der Waals surface area (Å²) in [4.78, 5) is 44.2. The van der Waals surface area contributed by atoms with Crippen molar-refractivity contribution in [3.63, 3.8) is 0 Å². The van der Waals surface area contributed by atoms with E-state index in [9.17, 15) is 19.8 Å². The predicted molar refractivity (Wildman–Crippen MR) is 179 cm³/mol. The molecule has 254 valence electrons. The lowest BCUT2D eigenvalue weighted by atomic mass is 10.1. The van der Waals surface area contributed by atoms with Crippen molar-refractivity contribution in [2.45, 2.75) is 13.2 Å². The first-order chi connectivity index (χ1) is 24.2. The largest absolute Gasteiger partial charge is 0.478 e. The quantitative estimate of drug-likeness (QED) is 0.0319. The van der Waals surface area contributed by atoms with Gasteiger partial charge in [-0.15, -0.1) is 0 Å². The van der Waals surface area contributed by atoms with Crippen LogP contribution in [-0.4, -0.2) is 54.7 Å². The Balaban J connectivity index is 1.25. The van der Waals surface area contributed by atoms with Crippen LogP contribution in [0.15, 0.2) is 105 Å². The Morgan fingerprint density at radius 3 is 1.38 bits per heavy atom. The number of carboxylic acids is 2. The van der Waals surface area contributed by atoms with Gasteiger partial charge in [-0.25, -0.2) is 19.4 Å². The van der Waals surface area contributed by atoms with E-state index in [1.807, 2.05) is 0 Å². The number of carboxylic acid groups (broad SMARTS) is 2. The second kappa shape index (κ2) is 16.4. The normalized spacial score (nSPS) is 11.2. The second-order valence-corrected chi connectivity index (χ2v) is 10.2. The van der Waals surface area contributed by atoms with Crippen molar-refractivity contribution in [3.8, 4) is 0 Å². The lowest BCUT2D eigenvalue weighted by Crippen LogP contribution is -2.07. The maximum atomic E-state index is 11.3. The highest BCUT2D eigenvalue weighted by molar-refractivity contribution is 5.95. The summed E-state index contributed by atoms with van der Waals surface area (Å²) < 4.78 is 0. The molecule has 0 aliphatic carbocycles. The molecule has 0 saturated carbocycles. The number of nitrogens with one attached hydrogen (secondary N) is 3. The number of benzene rings is 4. The van der Waals surface area contributed by atoms with Gasteiger partial charge in [0.05, 0.1) is 33.9 Å². The lowest BCUT2D eigenvalue weighted by molar-refractivity contribution is -0.254. The molecule has 0 aliphatic heterocycles. The minimum Gasteiger partial charge on any atom is -0.478 e. The Kier molecular flexibility index (Phi) is 11.3. The predicted octanol–water partition coefficient (Wildman–Crippen LogP) is 7.61. The Hall–Kier alpha value is -6.73. The lowest BCUT2D eigenvalue weighted by Gasteiger charge is -2.10. The monoisotopic (exact) mass is 680 g/mol. The first kappa shape index (κ1) is 34.6. The SMILES string of the molecule is CNc1nc(Nc2ccc(N=Nc3cc(COO)cc(COO)c3)cc2)nc(Nc2ccc(N=Nc3cc(C(=O)O)cc(C(=O)O)c3)cc2)n1. The maximum absolute atomic E-state index is 11.3. The summed E-state index contributed by atoms with van der Waals surface area (Å²) >= 11 is 0. The van der Waals surface area contributed by atoms with E-state index in [0.29, 0.717) is 45.5 Å². The highest BCUT2D eigenvalue weighted by Crippen LogP contribution is 2.26. The number of azo groups is 2. The van der Waals surface area contributed by atoms with Crippen molar-refractivity contribution in [3.05, 3.63) is 107 Å². The van der Waals surface area contributed by atoms with Gasteiger partial charge in [-0.3, -0.25) is 10.5 Å². The second-order valence-electron chi connectivity index (χ2n) is 10.2. The fourth-order valence-electron chi connectivity index (χ4n) is 4.34. The molecule has 0 amide bonds. The molecule has 0 unspecified atom stereocenters. The minimum atomic E-state index is -1.28. The number of carbonyl (C=O) groups is 2. The zero-order valence-electron chi connectivity index (χ0n) is 26.0. The maximum Gasteiger partial charge on any atom is 0.335 e. The summed E-state index contributed by atoms with van der Waals surface area (Å²) in [5, 5.41) is 61.7. The van der Waals surface area contributed by atoms with E-state index >= 15 is 0 Å². The van der Waals surface area contributed by atoms with Crippen molar-refractivity contribution in [2.24, 2.45) is 20.5 Å². The third-order valence-electron chi connectivity index (χ3n) is 6.58. The van der Waals surface area contributed by atoms with E-state index in [1.165, 1.54) is 12.1 Å². The number of hydrogen-bond donors (Lipinski definition) is 7. The number of rotatable bonds is 15. The van der Waals surface area contributed by atoms with Crippen LogP contribution in [0.1, 0.15) is 31.8 Å². The van der Waals surface area contributed by atoms with Gasteiger partial charge in [0.1, 0.15) is 13.2 Å². The van der Waals surface area contributed by atoms with Crippen molar-refractivity contribution in [2.75, 3.05) is 23.0 Å². The molecule has 50 heavy (non-hydrogen) atoms. The van der Waals surface area contributed by atoms with Gasteiger partial charge in [-0.1, -0.05) is 6.07 Å². The molecule has 5 aromatic rings. The highest BCUT2D eigenvalue weighted by atomic mass is 17.1. The molecule has 0 atom stereocenters. The number of aromatic nitrogens is 3. The van der Waals surface area contributed by atoms with Crippen LogP contribution < -0.4 is 16.0 Å². The van der Waals surface area contributed by atoms with Gasteiger partial charge in [0.25, 0.3) is 0 Å². The first-order valence-corrected chi connectivity index (χ1v) is 14.5. The van der Waals surface area contributed by atoms with Gasteiger partial charge < -0.3 is 26.2 Å². The number of hydrogen-bond acceptors (Lipinski definition) is 16. The highest BCUT2D eigenvalue weighted by Gasteiger charge is 2.12. The first-order valence-electron chi connectivity index (χ1n) is 14.5. The van der Waals surface area contributed by atoms with Crippen molar-refractivity contribution in [1.82, 2.24) is 15.0 Å². The molecule has 0 radical (unpaired) electrons. The average Bonchev–Trinajstić information content (AvgIpc) is 3.11. The summed E-state index contributed by atoms with van der Waals surface area (Å²) in [6.07, 6.45) is 0. The van der Waals surface area contributed by atoms with Crippen molar-refractivity contribution in [1.29, 1.82) is 0 Å². The van der Waals surface area contributed by atoms with Gasteiger partial charge in [-0.05, 0) is 90.0 Å². The number of aromatic carboxylic acids is 2. The molecule has 18 heteroatoms. The molecule has 1 heterocycles. The van der Waals surface area contributed by atoms with Crippen LogP contribution in [0.4, 0.5) is 52.0 Å². The van der Waals surface area contributed by atoms with Gasteiger partial charge >= 0.3 is 11.9 Å². The van der Waals surface area contributed by atoms with Crippen LogP contribution in [0, 0.1) is 0 Å². The molecule has 4 aromatic carbocycles. The van der Waals surface area contributed by atoms with Gasteiger partial charge in [-0.2, -0.15) is 35.4 Å². The van der Waals surface area contributed by atoms with Gasteiger partial charge in [0.15, 0.2) is 0 Å². The minimum absolute atomic E-state index is 0.0706. The molecular weight excluding hydrogens is 652 g/mol. The average molecular weight is 681 g/mol. The number of anilines is 5.